The van der Waals surface area contributed by atoms with Gasteiger partial charge in [0.15, 0.2) is 0 Å². The van der Waals surface area contributed by atoms with Gasteiger partial charge in [-0.3, -0.25) is 4.79 Å². The number of piperidine rings is 1. The Balaban J connectivity index is 2.06. The molecule has 1 heterocycles. The van der Waals surface area contributed by atoms with Gasteiger partial charge in [0.1, 0.15) is 0 Å². The van der Waals surface area contributed by atoms with Crippen molar-refractivity contribution in [3.8, 4) is 0 Å². The molecule has 0 bridgehead atoms. The predicted molar refractivity (Wildman–Crippen MR) is 86.8 cm³/mol. The van der Waals surface area contributed by atoms with Crippen LogP contribution < -0.4 is 5.73 Å². The van der Waals surface area contributed by atoms with Gasteiger partial charge in [-0.05, 0) is 31.2 Å². The Morgan fingerprint density at radius 2 is 2.05 bits per heavy atom. The molecule has 0 radical (unpaired) electrons. The molecule has 1 amide bonds. The van der Waals surface area contributed by atoms with E-state index in [1.807, 2.05) is 37.3 Å². The molecule has 1 aromatic rings. The molecule has 3 atom stereocenters. The zero-order valence-corrected chi connectivity index (χ0v) is 13.3. The number of nitrogens with two attached hydrogens (primary N) is 1. The molecule has 2 rings (SSSR count). The molecule has 1 aromatic carbocycles. The van der Waals surface area contributed by atoms with Crippen LogP contribution in [0.1, 0.15) is 57.6 Å². The number of carbonyl (C=O) groups is 1. The molecule has 0 saturated carbocycles. The second kappa shape index (κ2) is 7.60. The molecular formula is C18H28N2O. The Morgan fingerprint density at radius 1 is 1.33 bits per heavy atom. The maximum Gasteiger partial charge on any atom is 0.227 e. The lowest BCUT2D eigenvalue weighted by atomic mass is 9.91. The Kier molecular flexibility index (Phi) is 5.80. The summed E-state index contributed by atoms with van der Waals surface area (Å²) in [5.41, 5.74) is 7.36. The summed E-state index contributed by atoms with van der Waals surface area (Å²) < 4.78 is 0. The van der Waals surface area contributed by atoms with E-state index >= 15 is 0 Å². The van der Waals surface area contributed by atoms with E-state index in [-0.39, 0.29) is 17.9 Å². The molecule has 3 nitrogen and oxygen atoms in total. The minimum atomic E-state index is -0.220. The lowest BCUT2D eigenvalue weighted by Crippen LogP contribution is -2.47. The van der Waals surface area contributed by atoms with Crippen LogP contribution in [0.2, 0.25) is 0 Å². The van der Waals surface area contributed by atoms with Crippen molar-refractivity contribution in [1.29, 1.82) is 0 Å². The van der Waals surface area contributed by atoms with E-state index in [1.54, 1.807) is 0 Å². The van der Waals surface area contributed by atoms with Crippen molar-refractivity contribution in [2.24, 2.45) is 11.7 Å². The Labute approximate surface area is 128 Å². The van der Waals surface area contributed by atoms with Gasteiger partial charge < -0.3 is 10.6 Å². The first-order chi connectivity index (χ1) is 10.1. The highest BCUT2D eigenvalue weighted by Crippen LogP contribution is 2.27. The lowest BCUT2D eigenvalue weighted by molar-refractivity contribution is -0.139. The number of hydrogen-bond donors (Lipinski definition) is 1. The number of benzene rings is 1. The average Bonchev–Trinajstić information content (AvgIpc) is 2.54. The summed E-state index contributed by atoms with van der Waals surface area (Å²) in [5, 5.41) is 0. The zero-order chi connectivity index (χ0) is 15.2. The monoisotopic (exact) mass is 288 g/mol. The van der Waals surface area contributed by atoms with Gasteiger partial charge in [0.05, 0.1) is 5.92 Å². The molecule has 1 saturated heterocycles. The molecule has 21 heavy (non-hydrogen) atoms. The normalized spacial score (nSPS) is 21.9. The molecule has 1 aliphatic rings. The minimum Gasteiger partial charge on any atom is -0.339 e. The SMILES string of the molecule is CCCC1CCCCN1C(=O)C(C)C(N)c1ccccc1. The summed E-state index contributed by atoms with van der Waals surface area (Å²) in [7, 11) is 0. The van der Waals surface area contributed by atoms with E-state index in [9.17, 15) is 4.79 Å². The van der Waals surface area contributed by atoms with E-state index in [0.29, 0.717) is 6.04 Å². The lowest BCUT2D eigenvalue weighted by Gasteiger charge is -2.38. The topological polar surface area (TPSA) is 46.3 Å². The Hall–Kier alpha value is -1.35. The van der Waals surface area contributed by atoms with Gasteiger partial charge in [-0.15, -0.1) is 0 Å². The van der Waals surface area contributed by atoms with Crippen LogP contribution in [0.5, 0.6) is 0 Å². The van der Waals surface area contributed by atoms with E-state index < -0.39 is 0 Å². The van der Waals surface area contributed by atoms with Crippen molar-refractivity contribution in [1.82, 2.24) is 4.90 Å². The molecule has 1 fully saturated rings. The Morgan fingerprint density at radius 3 is 2.71 bits per heavy atom. The van der Waals surface area contributed by atoms with Gasteiger partial charge in [-0.25, -0.2) is 0 Å². The molecule has 3 unspecified atom stereocenters. The van der Waals surface area contributed by atoms with Gasteiger partial charge in [-0.1, -0.05) is 50.6 Å². The second-order valence-electron chi connectivity index (χ2n) is 6.20. The summed E-state index contributed by atoms with van der Waals surface area (Å²) in [6.07, 6.45) is 5.76. The zero-order valence-electron chi connectivity index (χ0n) is 13.3. The third-order valence-electron chi connectivity index (χ3n) is 4.64. The number of rotatable bonds is 5. The smallest absolute Gasteiger partial charge is 0.227 e. The first-order valence-corrected chi connectivity index (χ1v) is 8.26. The first-order valence-electron chi connectivity index (χ1n) is 8.26. The van der Waals surface area contributed by atoms with Crippen LogP contribution in [0.25, 0.3) is 0 Å². The fourth-order valence-corrected chi connectivity index (χ4v) is 3.30. The summed E-state index contributed by atoms with van der Waals surface area (Å²) in [4.78, 5) is 14.9. The van der Waals surface area contributed by atoms with Crippen molar-refractivity contribution >= 4 is 5.91 Å². The maximum absolute atomic E-state index is 12.8. The van der Waals surface area contributed by atoms with Crippen LogP contribution >= 0.6 is 0 Å². The Bertz CT molecular complexity index is 444. The van der Waals surface area contributed by atoms with Gasteiger partial charge in [0.25, 0.3) is 0 Å². The maximum atomic E-state index is 12.8. The summed E-state index contributed by atoms with van der Waals surface area (Å²) in [5.74, 6) is 0.0642. The molecule has 0 spiro atoms. The van der Waals surface area contributed by atoms with Crippen LogP contribution in [0, 0.1) is 5.92 Å². The fraction of sp³-hybridized carbons (Fsp3) is 0.611. The molecule has 0 aromatic heterocycles. The standard InChI is InChI=1S/C18H28N2O/c1-3-9-16-12-7-8-13-20(16)18(21)14(2)17(19)15-10-5-4-6-11-15/h4-6,10-11,14,16-17H,3,7-9,12-13,19H2,1-2H3. The highest BCUT2D eigenvalue weighted by Gasteiger charge is 2.31. The highest BCUT2D eigenvalue weighted by molar-refractivity contribution is 5.80. The molecule has 1 aliphatic heterocycles. The van der Waals surface area contributed by atoms with Gasteiger partial charge in [0.2, 0.25) is 5.91 Å². The molecule has 2 N–H and O–H groups in total. The number of likely N-dealkylation sites (tertiary alicyclic amines) is 1. The van der Waals surface area contributed by atoms with Crippen molar-refractivity contribution in [3.05, 3.63) is 35.9 Å². The largest absolute Gasteiger partial charge is 0.339 e. The number of hydrogen-bond acceptors (Lipinski definition) is 2. The van der Waals surface area contributed by atoms with Crippen LogP contribution in [-0.2, 0) is 4.79 Å². The van der Waals surface area contributed by atoms with Crippen molar-refractivity contribution in [3.63, 3.8) is 0 Å². The third kappa shape index (κ3) is 3.85. The quantitative estimate of drug-likeness (QED) is 0.901. The predicted octanol–water partition coefficient (Wildman–Crippen LogP) is 3.50. The number of carbonyl (C=O) groups excluding carboxylic acids is 1. The number of nitrogens with zero attached hydrogens (tertiary/aromatic N) is 1. The van der Waals surface area contributed by atoms with E-state index in [4.69, 9.17) is 5.73 Å². The molecular weight excluding hydrogens is 260 g/mol. The van der Waals surface area contributed by atoms with Crippen molar-refractivity contribution in [2.75, 3.05) is 6.54 Å². The van der Waals surface area contributed by atoms with Crippen molar-refractivity contribution < 1.29 is 4.79 Å². The molecule has 0 aliphatic carbocycles. The first kappa shape index (κ1) is 16.0. The second-order valence-corrected chi connectivity index (χ2v) is 6.20. The van der Waals surface area contributed by atoms with Crippen LogP contribution in [0.4, 0.5) is 0 Å². The van der Waals surface area contributed by atoms with E-state index in [2.05, 4.69) is 11.8 Å². The van der Waals surface area contributed by atoms with Gasteiger partial charge in [0, 0.05) is 18.6 Å². The van der Waals surface area contributed by atoms with Crippen molar-refractivity contribution in [2.45, 2.75) is 58.0 Å². The van der Waals surface area contributed by atoms with Gasteiger partial charge in [-0.2, -0.15) is 0 Å². The number of amides is 1. The van der Waals surface area contributed by atoms with Crippen LogP contribution in [0.3, 0.4) is 0 Å². The fourth-order valence-electron chi connectivity index (χ4n) is 3.30. The van der Waals surface area contributed by atoms with Crippen LogP contribution in [-0.4, -0.2) is 23.4 Å². The van der Waals surface area contributed by atoms with E-state index in [1.165, 1.54) is 6.42 Å². The average molecular weight is 288 g/mol. The van der Waals surface area contributed by atoms with Gasteiger partial charge >= 0.3 is 0 Å². The highest BCUT2D eigenvalue weighted by atomic mass is 16.2. The summed E-state index contributed by atoms with van der Waals surface area (Å²) >= 11 is 0. The molecule has 116 valence electrons. The molecule has 3 heteroatoms. The van der Waals surface area contributed by atoms with E-state index in [0.717, 1.165) is 37.8 Å². The summed E-state index contributed by atoms with van der Waals surface area (Å²) in [6, 6.07) is 10.2. The third-order valence-corrected chi connectivity index (χ3v) is 4.64. The minimum absolute atomic E-state index is 0.162. The van der Waals surface area contributed by atoms with Crippen LogP contribution in [0.15, 0.2) is 30.3 Å². The summed E-state index contributed by atoms with van der Waals surface area (Å²) in [6.45, 7) is 5.06.